The normalized spacial score (nSPS) is 11.6. The number of rotatable bonds is 4. The van der Waals surface area contributed by atoms with E-state index in [1.54, 1.807) is 18.2 Å². The molecule has 0 saturated heterocycles. The fourth-order valence-corrected chi connectivity index (χ4v) is 3.61. The lowest BCUT2D eigenvalue weighted by Crippen LogP contribution is -2.07. The molecule has 0 fully saturated rings. The Morgan fingerprint density at radius 3 is 2.15 bits per heavy atom. The molecule has 2 nitrogen and oxygen atoms in total. The topological polar surface area (TPSA) is 34.1 Å². The molecule has 106 valence electrons. The average molecular weight is 333 g/mol. The zero-order valence-electron chi connectivity index (χ0n) is 10.3. The summed E-state index contributed by atoms with van der Waals surface area (Å²) in [4.78, 5) is 0. The van der Waals surface area contributed by atoms with Crippen molar-refractivity contribution in [2.45, 2.75) is 11.5 Å². The Balaban J connectivity index is 2.17. The lowest BCUT2D eigenvalue weighted by atomic mass is 10.2. The summed E-state index contributed by atoms with van der Waals surface area (Å²) in [7, 11) is -3.40. The number of hydrogen-bond donors (Lipinski definition) is 0. The molecule has 0 radical (unpaired) electrons. The molecule has 2 aromatic rings. The van der Waals surface area contributed by atoms with Crippen LogP contribution in [0.5, 0.6) is 0 Å². The Kier molecular flexibility index (Phi) is 4.68. The van der Waals surface area contributed by atoms with E-state index in [4.69, 9.17) is 23.2 Å². The molecule has 0 heterocycles. The van der Waals surface area contributed by atoms with E-state index in [-0.39, 0.29) is 11.5 Å². The molecule has 2 rings (SSSR count). The van der Waals surface area contributed by atoms with E-state index in [1.807, 2.05) is 0 Å². The molecule has 0 atom stereocenters. The monoisotopic (exact) mass is 332 g/mol. The van der Waals surface area contributed by atoms with Crippen molar-refractivity contribution in [1.29, 1.82) is 0 Å². The summed E-state index contributed by atoms with van der Waals surface area (Å²) >= 11 is 11.6. The largest absolute Gasteiger partial charge is 0.228 e. The van der Waals surface area contributed by atoms with E-state index in [0.29, 0.717) is 21.2 Å². The van der Waals surface area contributed by atoms with Crippen LogP contribution in [-0.4, -0.2) is 8.42 Å². The third-order valence-electron chi connectivity index (χ3n) is 2.65. The van der Waals surface area contributed by atoms with E-state index in [9.17, 15) is 12.8 Å². The highest BCUT2D eigenvalue weighted by atomic mass is 35.5. The van der Waals surface area contributed by atoms with Crippen LogP contribution in [0.3, 0.4) is 0 Å². The molecule has 0 unspecified atom stereocenters. The minimum atomic E-state index is -3.40. The lowest BCUT2D eigenvalue weighted by molar-refractivity contribution is 0.594. The van der Waals surface area contributed by atoms with Gasteiger partial charge in [-0.05, 0) is 35.4 Å². The molecular formula is C14H11Cl2FO2S. The minimum Gasteiger partial charge on any atom is -0.228 e. The third-order valence-corrected chi connectivity index (χ3v) is 4.93. The molecule has 2 aromatic carbocycles. The molecule has 0 saturated carbocycles. The first-order valence-corrected chi connectivity index (χ1v) is 8.32. The summed E-state index contributed by atoms with van der Waals surface area (Å²) in [6.45, 7) is 0. The van der Waals surface area contributed by atoms with E-state index >= 15 is 0 Å². The number of halogens is 3. The second-order valence-corrected chi connectivity index (χ2v) is 7.29. The van der Waals surface area contributed by atoms with Gasteiger partial charge in [0.05, 0.1) is 21.6 Å². The zero-order valence-corrected chi connectivity index (χ0v) is 12.6. The highest BCUT2D eigenvalue weighted by Gasteiger charge is 2.14. The average Bonchev–Trinajstić information content (AvgIpc) is 2.33. The molecule has 0 N–H and O–H groups in total. The molecule has 0 aliphatic carbocycles. The lowest BCUT2D eigenvalue weighted by Gasteiger charge is -2.06. The molecule has 0 amide bonds. The minimum absolute atomic E-state index is 0.166. The van der Waals surface area contributed by atoms with E-state index in [1.165, 1.54) is 24.3 Å². The maximum absolute atomic E-state index is 13.0. The Morgan fingerprint density at radius 2 is 1.55 bits per heavy atom. The summed E-state index contributed by atoms with van der Waals surface area (Å²) < 4.78 is 37.2. The fourth-order valence-electron chi connectivity index (χ4n) is 1.82. The summed E-state index contributed by atoms with van der Waals surface area (Å²) in [6, 6.07) is 10.2. The first-order chi connectivity index (χ1) is 9.35. The van der Waals surface area contributed by atoms with Crippen LogP contribution < -0.4 is 0 Å². The summed E-state index contributed by atoms with van der Waals surface area (Å²) in [5.74, 6) is -0.835. The van der Waals surface area contributed by atoms with Crippen LogP contribution in [0, 0.1) is 5.82 Å². The third kappa shape index (κ3) is 4.20. The highest BCUT2D eigenvalue weighted by molar-refractivity contribution is 7.89. The Morgan fingerprint density at radius 1 is 0.900 bits per heavy atom. The standard InChI is InChI=1S/C14H11Cl2FO2S/c15-13-5-4-11(7-14(13)16)9-20(18,19)8-10-2-1-3-12(17)6-10/h1-7H,8-9H2. The second-order valence-electron chi connectivity index (χ2n) is 4.41. The summed E-state index contributed by atoms with van der Waals surface area (Å²) in [6.07, 6.45) is 0. The molecule has 0 aliphatic heterocycles. The second kappa shape index (κ2) is 6.12. The van der Waals surface area contributed by atoms with Gasteiger partial charge in [0.15, 0.2) is 9.84 Å². The number of sulfone groups is 1. The molecular weight excluding hydrogens is 322 g/mol. The quantitative estimate of drug-likeness (QED) is 0.838. The number of hydrogen-bond acceptors (Lipinski definition) is 2. The molecule has 0 aliphatic rings. The number of benzene rings is 2. The van der Waals surface area contributed by atoms with Crippen molar-refractivity contribution in [2.24, 2.45) is 0 Å². The van der Waals surface area contributed by atoms with Gasteiger partial charge in [0.25, 0.3) is 0 Å². The van der Waals surface area contributed by atoms with Crippen molar-refractivity contribution >= 4 is 33.0 Å². The van der Waals surface area contributed by atoms with Crippen LogP contribution in [0.1, 0.15) is 11.1 Å². The van der Waals surface area contributed by atoms with Crippen molar-refractivity contribution in [3.05, 3.63) is 69.5 Å². The molecule has 0 bridgehead atoms. The van der Waals surface area contributed by atoms with Gasteiger partial charge in [-0.25, -0.2) is 12.8 Å². The van der Waals surface area contributed by atoms with E-state index in [2.05, 4.69) is 0 Å². The van der Waals surface area contributed by atoms with E-state index < -0.39 is 15.7 Å². The van der Waals surface area contributed by atoms with E-state index in [0.717, 1.165) is 0 Å². The van der Waals surface area contributed by atoms with Crippen molar-refractivity contribution < 1.29 is 12.8 Å². The van der Waals surface area contributed by atoms with Crippen LogP contribution >= 0.6 is 23.2 Å². The Bertz CT molecular complexity index is 730. The van der Waals surface area contributed by atoms with Gasteiger partial charge in [-0.2, -0.15) is 0 Å². The maximum Gasteiger partial charge on any atom is 0.158 e. The maximum atomic E-state index is 13.0. The van der Waals surface area contributed by atoms with Gasteiger partial charge < -0.3 is 0 Å². The van der Waals surface area contributed by atoms with Crippen molar-refractivity contribution in [1.82, 2.24) is 0 Å². The molecule has 0 spiro atoms. The highest BCUT2D eigenvalue weighted by Crippen LogP contribution is 2.24. The SMILES string of the molecule is O=S(=O)(Cc1cccc(F)c1)Cc1ccc(Cl)c(Cl)c1. The molecule has 20 heavy (non-hydrogen) atoms. The van der Waals surface area contributed by atoms with Crippen LogP contribution in [0.4, 0.5) is 4.39 Å². The van der Waals surface area contributed by atoms with Crippen LogP contribution in [0.2, 0.25) is 10.0 Å². The van der Waals surface area contributed by atoms with Crippen molar-refractivity contribution in [2.75, 3.05) is 0 Å². The predicted octanol–water partition coefficient (Wildman–Crippen LogP) is 4.25. The van der Waals surface area contributed by atoms with Crippen LogP contribution in [-0.2, 0) is 21.3 Å². The fraction of sp³-hybridized carbons (Fsp3) is 0.143. The first-order valence-electron chi connectivity index (χ1n) is 5.74. The van der Waals surface area contributed by atoms with Crippen molar-refractivity contribution in [3.63, 3.8) is 0 Å². The van der Waals surface area contributed by atoms with Crippen LogP contribution in [0.25, 0.3) is 0 Å². The van der Waals surface area contributed by atoms with Gasteiger partial charge in [0, 0.05) is 0 Å². The predicted molar refractivity (Wildman–Crippen MR) is 79.2 cm³/mol. The Labute approximate surface area is 127 Å². The van der Waals surface area contributed by atoms with Crippen LogP contribution in [0.15, 0.2) is 42.5 Å². The van der Waals surface area contributed by atoms with Gasteiger partial charge >= 0.3 is 0 Å². The van der Waals surface area contributed by atoms with Gasteiger partial charge in [-0.1, -0.05) is 41.4 Å². The smallest absolute Gasteiger partial charge is 0.158 e. The summed E-state index contributed by atoms with van der Waals surface area (Å²) in [5, 5.41) is 0.683. The van der Waals surface area contributed by atoms with Gasteiger partial charge in [0.2, 0.25) is 0 Å². The first kappa shape index (κ1) is 15.3. The molecule has 0 aromatic heterocycles. The van der Waals surface area contributed by atoms with Gasteiger partial charge in [0.1, 0.15) is 5.82 Å². The zero-order chi connectivity index (χ0) is 14.8. The van der Waals surface area contributed by atoms with Crippen molar-refractivity contribution in [3.8, 4) is 0 Å². The summed E-state index contributed by atoms with van der Waals surface area (Å²) in [5.41, 5.74) is 0.973. The van der Waals surface area contributed by atoms with Gasteiger partial charge in [-0.3, -0.25) is 0 Å². The Hall–Kier alpha value is -1.10. The van der Waals surface area contributed by atoms with Gasteiger partial charge in [-0.15, -0.1) is 0 Å². The molecule has 6 heteroatoms.